The fourth-order valence-corrected chi connectivity index (χ4v) is 4.73. The average molecular weight is 562 g/mol. The summed E-state index contributed by atoms with van der Waals surface area (Å²) in [6, 6.07) is 18.5. The Morgan fingerprint density at radius 3 is 2.67 bits per heavy atom. The fraction of sp³-hybridized carbons (Fsp3) is 0.462. The van der Waals surface area contributed by atoms with Crippen molar-refractivity contribution < 1.29 is 9.90 Å². The lowest BCUT2D eigenvalue weighted by molar-refractivity contribution is -0.127. The molecule has 0 aliphatic carbocycles. The van der Waals surface area contributed by atoms with Crippen LogP contribution in [0.5, 0.6) is 0 Å². The lowest BCUT2D eigenvalue weighted by atomic mass is 9.98. The molecule has 0 aromatic heterocycles. The quantitative estimate of drug-likeness (QED) is 0.292. The number of carbonyl (C=O) groups excluding carboxylic acids is 1. The van der Waals surface area contributed by atoms with Crippen LogP contribution in [0.3, 0.4) is 0 Å². The van der Waals surface area contributed by atoms with Gasteiger partial charge in [-0.3, -0.25) is 9.79 Å². The van der Waals surface area contributed by atoms with E-state index in [1.54, 1.807) is 0 Å². The van der Waals surface area contributed by atoms with Gasteiger partial charge in [-0.25, -0.2) is 0 Å². The predicted octanol–water partition coefficient (Wildman–Crippen LogP) is 3.79. The maximum absolute atomic E-state index is 12.0. The molecular weight excluding hydrogens is 527 g/mol. The molecule has 2 aliphatic rings. The van der Waals surface area contributed by atoms with Crippen molar-refractivity contribution in [3.63, 3.8) is 0 Å². The minimum Gasteiger partial charge on any atom is -0.391 e. The van der Waals surface area contributed by atoms with E-state index in [1.807, 2.05) is 35.2 Å². The van der Waals surface area contributed by atoms with Crippen molar-refractivity contribution in [3.8, 4) is 0 Å². The topological polar surface area (TPSA) is 68.2 Å². The van der Waals surface area contributed by atoms with E-state index >= 15 is 0 Å². The zero-order chi connectivity index (χ0) is 22.3. The van der Waals surface area contributed by atoms with Crippen molar-refractivity contribution in [1.82, 2.24) is 10.2 Å². The zero-order valence-corrected chi connectivity index (χ0v) is 21.7. The van der Waals surface area contributed by atoms with Crippen LogP contribution in [0.15, 0.2) is 59.6 Å². The van der Waals surface area contributed by atoms with Crippen molar-refractivity contribution >= 4 is 41.5 Å². The molecule has 2 aromatic rings. The molecule has 1 amide bonds. The molecule has 0 bridgehead atoms. The minimum absolute atomic E-state index is 0. The molecule has 2 aromatic carbocycles. The van der Waals surface area contributed by atoms with Crippen molar-refractivity contribution in [1.29, 1.82) is 0 Å². The van der Waals surface area contributed by atoms with Gasteiger partial charge in [0.25, 0.3) is 0 Å². The number of benzene rings is 2. The number of carbonyl (C=O) groups is 1. The second kappa shape index (κ2) is 12.4. The van der Waals surface area contributed by atoms with Gasteiger partial charge in [0.2, 0.25) is 5.91 Å². The SMILES string of the molecule is CCNC(=NCC(O)Cc1ccccc1)N1CC(CCN2CCCC2=O)c2ccccc21.I. The Hall–Kier alpha value is -2.13. The van der Waals surface area contributed by atoms with E-state index in [1.165, 1.54) is 11.3 Å². The first-order valence-corrected chi connectivity index (χ1v) is 11.8. The molecule has 1 fully saturated rings. The average Bonchev–Trinajstić information content (AvgIpc) is 3.39. The Balaban J connectivity index is 0.00000306. The molecule has 4 rings (SSSR count). The number of aliphatic hydroxyl groups is 1. The smallest absolute Gasteiger partial charge is 0.222 e. The summed E-state index contributed by atoms with van der Waals surface area (Å²) in [5.74, 6) is 1.46. The lowest BCUT2D eigenvalue weighted by Crippen LogP contribution is -2.41. The summed E-state index contributed by atoms with van der Waals surface area (Å²) < 4.78 is 0. The molecule has 1 saturated heterocycles. The first-order chi connectivity index (χ1) is 15.7. The number of aliphatic hydroxyl groups excluding tert-OH is 1. The van der Waals surface area contributed by atoms with Crippen LogP contribution in [0.2, 0.25) is 0 Å². The normalized spacial score (nSPS) is 18.8. The highest BCUT2D eigenvalue weighted by atomic mass is 127. The summed E-state index contributed by atoms with van der Waals surface area (Å²) in [5.41, 5.74) is 3.60. The number of rotatable bonds is 8. The number of para-hydroxylation sites is 1. The molecular formula is C26H35IN4O2. The largest absolute Gasteiger partial charge is 0.391 e. The summed E-state index contributed by atoms with van der Waals surface area (Å²) in [4.78, 5) is 21.1. The van der Waals surface area contributed by atoms with E-state index in [9.17, 15) is 9.90 Å². The molecule has 0 radical (unpaired) electrons. The van der Waals surface area contributed by atoms with Gasteiger partial charge in [-0.05, 0) is 37.0 Å². The van der Waals surface area contributed by atoms with E-state index in [-0.39, 0.29) is 29.9 Å². The number of hydrogen-bond donors (Lipinski definition) is 2. The van der Waals surface area contributed by atoms with E-state index < -0.39 is 6.10 Å². The monoisotopic (exact) mass is 562 g/mol. The number of aliphatic imine (C=N–C) groups is 1. The Bertz CT molecular complexity index is 937. The van der Waals surface area contributed by atoms with E-state index in [0.29, 0.717) is 25.3 Å². The van der Waals surface area contributed by atoms with E-state index in [0.717, 1.165) is 50.5 Å². The molecule has 2 aliphatic heterocycles. The van der Waals surface area contributed by atoms with Crippen LogP contribution >= 0.6 is 24.0 Å². The van der Waals surface area contributed by atoms with E-state index in [2.05, 4.69) is 41.4 Å². The van der Waals surface area contributed by atoms with Gasteiger partial charge in [0.1, 0.15) is 0 Å². The Morgan fingerprint density at radius 1 is 1.18 bits per heavy atom. The van der Waals surface area contributed by atoms with Crippen LogP contribution in [-0.2, 0) is 11.2 Å². The van der Waals surface area contributed by atoms with Gasteiger partial charge in [-0.1, -0.05) is 48.5 Å². The second-order valence-electron chi connectivity index (χ2n) is 8.68. The van der Waals surface area contributed by atoms with Crippen molar-refractivity contribution in [2.75, 3.05) is 37.6 Å². The van der Waals surface area contributed by atoms with Gasteiger partial charge in [0.15, 0.2) is 5.96 Å². The summed E-state index contributed by atoms with van der Waals surface area (Å²) >= 11 is 0. The fourth-order valence-electron chi connectivity index (χ4n) is 4.73. The minimum atomic E-state index is -0.527. The molecule has 7 heteroatoms. The second-order valence-corrected chi connectivity index (χ2v) is 8.68. The molecule has 6 nitrogen and oxygen atoms in total. The summed E-state index contributed by atoms with van der Waals surface area (Å²) in [6.07, 6.45) is 2.69. The van der Waals surface area contributed by atoms with Crippen LogP contribution in [0.25, 0.3) is 0 Å². The number of likely N-dealkylation sites (tertiary alicyclic amines) is 1. The highest BCUT2D eigenvalue weighted by Crippen LogP contribution is 2.38. The van der Waals surface area contributed by atoms with Gasteiger partial charge in [-0.2, -0.15) is 0 Å². The molecule has 0 spiro atoms. The Morgan fingerprint density at radius 2 is 1.94 bits per heavy atom. The van der Waals surface area contributed by atoms with E-state index in [4.69, 9.17) is 4.99 Å². The van der Waals surface area contributed by atoms with Crippen LogP contribution in [0, 0.1) is 0 Å². The maximum Gasteiger partial charge on any atom is 0.222 e. The standard InChI is InChI=1S/C26H34N4O2.HI/c1-2-27-26(28-18-22(31)17-20-9-4-3-5-10-20)30-19-21(23-11-6-7-12-24(23)30)14-16-29-15-8-13-25(29)32;/h3-7,9-12,21-22,31H,2,8,13-19H2,1H3,(H,27,28);1H. The summed E-state index contributed by atoms with van der Waals surface area (Å²) in [7, 11) is 0. The van der Waals surface area contributed by atoms with Crippen molar-refractivity contribution in [3.05, 3.63) is 65.7 Å². The van der Waals surface area contributed by atoms with Gasteiger partial charge in [0, 0.05) is 50.6 Å². The van der Waals surface area contributed by atoms with Crippen LogP contribution in [0.1, 0.15) is 43.2 Å². The molecule has 2 heterocycles. The van der Waals surface area contributed by atoms with Gasteiger partial charge in [0.05, 0.1) is 12.6 Å². The first-order valence-electron chi connectivity index (χ1n) is 11.8. The predicted molar refractivity (Wildman–Crippen MR) is 145 cm³/mol. The number of fused-ring (bicyclic) bond motifs is 1. The summed E-state index contributed by atoms with van der Waals surface area (Å²) in [5, 5.41) is 14.0. The Kier molecular flexibility index (Phi) is 9.55. The van der Waals surface area contributed by atoms with Gasteiger partial charge >= 0.3 is 0 Å². The third-order valence-electron chi connectivity index (χ3n) is 6.35. The number of nitrogens with one attached hydrogen (secondary N) is 1. The number of anilines is 1. The molecule has 0 saturated carbocycles. The molecule has 2 unspecified atom stereocenters. The first kappa shape index (κ1) is 25.5. The van der Waals surface area contributed by atoms with Crippen molar-refractivity contribution in [2.24, 2.45) is 4.99 Å². The lowest BCUT2D eigenvalue weighted by Gasteiger charge is -2.24. The highest BCUT2D eigenvalue weighted by molar-refractivity contribution is 14.0. The third-order valence-corrected chi connectivity index (χ3v) is 6.35. The van der Waals surface area contributed by atoms with Crippen LogP contribution in [0.4, 0.5) is 5.69 Å². The van der Waals surface area contributed by atoms with Crippen molar-refractivity contribution in [2.45, 2.75) is 44.6 Å². The van der Waals surface area contributed by atoms with Crippen LogP contribution in [-0.4, -0.2) is 60.7 Å². The molecule has 2 atom stereocenters. The number of nitrogens with zero attached hydrogens (tertiary/aromatic N) is 3. The summed E-state index contributed by atoms with van der Waals surface area (Å²) in [6.45, 7) is 5.72. The van der Waals surface area contributed by atoms with Crippen LogP contribution < -0.4 is 10.2 Å². The number of halogens is 1. The zero-order valence-electron chi connectivity index (χ0n) is 19.3. The van der Waals surface area contributed by atoms with Gasteiger partial charge < -0.3 is 20.2 Å². The maximum atomic E-state index is 12.0. The third kappa shape index (κ3) is 6.47. The number of hydrogen-bond acceptors (Lipinski definition) is 3. The number of amides is 1. The molecule has 2 N–H and O–H groups in total. The highest BCUT2D eigenvalue weighted by Gasteiger charge is 2.32. The van der Waals surface area contributed by atoms with Gasteiger partial charge in [-0.15, -0.1) is 24.0 Å². The Labute approximate surface area is 214 Å². The molecule has 178 valence electrons. The number of guanidine groups is 1. The molecule has 33 heavy (non-hydrogen) atoms.